The van der Waals surface area contributed by atoms with E-state index in [0.29, 0.717) is 17.0 Å². The third-order valence-electron chi connectivity index (χ3n) is 3.26. The standard InChI is InChI=1S/C13H14N2O3/c16-13(17)8-4-5-11-10(7-8)15-12(18-11)9-3-1-2-6-14-9/h4-5,7,9,14H,1-3,6H2,(H,16,17). The normalized spacial score (nSPS) is 20.1. The van der Waals surface area contributed by atoms with Gasteiger partial charge >= 0.3 is 5.97 Å². The maximum atomic E-state index is 10.9. The van der Waals surface area contributed by atoms with Crippen LogP contribution in [0.1, 0.15) is 41.6 Å². The van der Waals surface area contributed by atoms with E-state index in [1.54, 1.807) is 12.1 Å². The molecule has 0 spiro atoms. The van der Waals surface area contributed by atoms with Gasteiger partial charge in [0.05, 0.1) is 11.6 Å². The molecule has 1 fully saturated rings. The van der Waals surface area contributed by atoms with Crippen LogP contribution in [0.4, 0.5) is 0 Å². The van der Waals surface area contributed by atoms with E-state index in [4.69, 9.17) is 9.52 Å². The summed E-state index contributed by atoms with van der Waals surface area (Å²) in [5.74, 6) is -0.288. The lowest BCUT2D eigenvalue weighted by Gasteiger charge is -2.19. The maximum Gasteiger partial charge on any atom is 0.335 e. The van der Waals surface area contributed by atoms with Gasteiger partial charge in [-0.2, -0.15) is 0 Å². The summed E-state index contributed by atoms with van der Waals surface area (Å²) in [6.07, 6.45) is 3.36. The number of carboxylic acid groups (broad SMARTS) is 1. The topological polar surface area (TPSA) is 75.4 Å². The third kappa shape index (κ3) is 1.97. The molecule has 0 saturated carbocycles. The van der Waals surface area contributed by atoms with Gasteiger partial charge in [-0.15, -0.1) is 0 Å². The number of fused-ring (bicyclic) bond motifs is 1. The molecule has 5 nitrogen and oxygen atoms in total. The fraction of sp³-hybridized carbons (Fsp3) is 0.385. The lowest BCUT2D eigenvalue weighted by molar-refractivity contribution is 0.0697. The Labute approximate surface area is 104 Å². The van der Waals surface area contributed by atoms with Crippen molar-refractivity contribution in [1.29, 1.82) is 0 Å². The van der Waals surface area contributed by atoms with E-state index in [1.165, 1.54) is 12.5 Å². The van der Waals surface area contributed by atoms with E-state index in [2.05, 4.69) is 10.3 Å². The molecule has 1 aromatic heterocycles. The van der Waals surface area contributed by atoms with E-state index >= 15 is 0 Å². The Hall–Kier alpha value is -1.88. The number of hydrogen-bond donors (Lipinski definition) is 2. The lowest BCUT2D eigenvalue weighted by Crippen LogP contribution is -2.26. The predicted molar refractivity (Wildman–Crippen MR) is 65.6 cm³/mol. The van der Waals surface area contributed by atoms with E-state index in [0.717, 1.165) is 19.4 Å². The van der Waals surface area contributed by atoms with Gasteiger partial charge in [-0.1, -0.05) is 6.42 Å². The first-order valence-corrected chi connectivity index (χ1v) is 6.11. The van der Waals surface area contributed by atoms with E-state index in [-0.39, 0.29) is 11.6 Å². The smallest absolute Gasteiger partial charge is 0.335 e. The van der Waals surface area contributed by atoms with Crippen LogP contribution in [0.15, 0.2) is 22.6 Å². The third-order valence-corrected chi connectivity index (χ3v) is 3.26. The van der Waals surface area contributed by atoms with Gasteiger partial charge in [-0.3, -0.25) is 0 Å². The molecule has 0 amide bonds. The first kappa shape index (κ1) is 11.2. The van der Waals surface area contributed by atoms with Crippen LogP contribution in [0.5, 0.6) is 0 Å². The summed E-state index contributed by atoms with van der Waals surface area (Å²) in [6, 6.07) is 4.90. The van der Waals surface area contributed by atoms with Crippen LogP contribution < -0.4 is 5.32 Å². The van der Waals surface area contributed by atoms with Crippen LogP contribution in [0.3, 0.4) is 0 Å². The first-order valence-electron chi connectivity index (χ1n) is 6.11. The number of aromatic carboxylic acids is 1. The van der Waals surface area contributed by atoms with Crippen molar-refractivity contribution in [1.82, 2.24) is 10.3 Å². The predicted octanol–water partition coefficient (Wildman–Crippen LogP) is 2.34. The molecule has 1 aliphatic heterocycles. The molecule has 1 aliphatic rings. The Morgan fingerprint density at radius 3 is 3.06 bits per heavy atom. The van der Waals surface area contributed by atoms with E-state index < -0.39 is 5.97 Å². The van der Waals surface area contributed by atoms with E-state index in [1.807, 2.05) is 0 Å². The zero-order chi connectivity index (χ0) is 12.5. The first-order chi connectivity index (χ1) is 8.74. The fourth-order valence-electron chi connectivity index (χ4n) is 2.29. The Morgan fingerprint density at radius 2 is 2.33 bits per heavy atom. The Morgan fingerprint density at radius 1 is 1.44 bits per heavy atom. The van der Waals surface area contributed by atoms with Gasteiger partial charge in [0.15, 0.2) is 5.58 Å². The average Bonchev–Trinajstić information content (AvgIpc) is 2.82. The number of aromatic nitrogens is 1. The summed E-state index contributed by atoms with van der Waals surface area (Å²) in [6.45, 7) is 0.976. The van der Waals surface area contributed by atoms with Gasteiger partial charge < -0.3 is 14.8 Å². The van der Waals surface area contributed by atoms with Crippen molar-refractivity contribution in [3.05, 3.63) is 29.7 Å². The number of rotatable bonds is 2. The summed E-state index contributed by atoms with van der Waals surface area (Å²) in [5, 5.41) is 12.3. The molecule has 2 aromatic rings. The zero-order valence-corrected chi connectivity index (χ0v) is 9.85. The summed E-state index contributed by atoms with van der Waals surface area (Å²) >= 11 is 0. The lowest BCUT2D eigenvalue weighted by atomic mass is 10.1. The van der Waals surface area contributed by atoms with Gasteiger partial charge in [-0.05, 0) is 37.6 Å². The van der Waals surface area contributed by atoms with Gasteiger partial charge in [0.2, 0.25) is 5.89 Å². The van der Waals surface area contributed by atoms with Gasteiger partial charge in [0.25, 0.3) is 0 Å². The number of oxazole rings is 1. The minimum atomic E-state index is -0.947. The Balaban J connectivity index is 1.97. The van der Waals surface area contributed by atoms with Crippen molar-refractivity contribution in [3.63, 3.8) is 0 Å². The molecule has 0 aliphatic carbocycles. The van der Waals surface area contributed by atoms with Crippen molar-refractivity contribution in [2.24, 2.45) is 0 Å². The van der Waals surface area contributed by atoms with E-state index in [9.17, 15) is 4.79 Å². The van der Waals surface area contributed by atoms with Gasteiger partial charge in [0.1, 0.15) is 5.52 Å². The highest BCUT2D eigenvalue weighted by Crippen LogP contribution is 2.26. The van der Waals surface area contributed by atoms with Crippen molar-refractivity contribution in [2.75, 3.05) is 6.54 Å². The largest absolute Gasteiger partial charge is 0.478 e. The number of nitrogens with one attached hydrogen (secondary N) is 1. The molecule has 2 N–H and O–H groups in total. The molecule has 94 valence electrons. The second-order valence-electron chi connectivity index (χ2n) is 4.54. The van der Waals surface area contributed by atoms with Gasteiger partial charge in [0, 0.05) is 0 Å². The number of carboxylic acids is 1. The molecule has 3 rings (SSSR count). The van der Waals surface area contributed by atoms with Crippen LogP contribution in [0, 0.1) is 0 Å². The van der Waals surface area contributed by atoms with Crippen LogP contribution in [0.2, 0.25) is 0 Å². The highest BCUT2D eigenvalue weighted by molar-refractivity contribution is 5.91. The maximum absolute atomic E-state index is 10.9. The highest BCUT2D eigenvalue weighted by atomic mass is 16.4. The van der Waals surface area contributed by atoms with Crippen LogP contribution in [-0.2, 0) is 0 Å². The molecule has 2 heterocycles. The second-order valence-corrected chi connectivity index (χ2v) is 4.54. The number of piperidine rings is 1. The zero-order valence-electron chi connectivity index (χ0n) is 9.85. The van der Waals surface area contributed by atoms with Crippen molar-refractivity contribution in [2.45, 2.75) is 25.3 Å². The molecule has 1 unspecified atom stereocenters. The molecule has 1 saturated heterocycles. The molecular weight excluding hydrogens is 232 g/mol. The summed E-state index contributed by atoms with van der Waals surface area (Å²) in [5.41, 5.74) is 1.48. The van der Waals surface area contributed by atoms with Crippen LogP contribution >= 0.6 is 0 Å². The number of benzene rings is 1. The SMILES string of the molecule is O=C(O)c1ccc2oc(C3CCCCN3)nc2c1. The minimum absolute atomic E-state index is 0.152. The summed E-state index contributed by atoms with van der Waals surface area (Å²) < 4.78 is 5.68. The highest BCUT2D eigenvalue weighted by Gasteiger charge is 2.20. The van der Waals surface area contributed by atoms with Crippen molar-refractivity contribution in [3.8, 4) is 0 Å². The van der Waals surface area contributed by atoms with Crippen molar-refractivity contribution >= 4 is 17.1 Å². The molecule has 0 bridgehead atoms. The van der Waals surface area contributed by atoms with Crippen LogP contribution in [-0.4, -0.2) is 22.6 Å². The number of carbonyl (C=O) groups is 1. The number of nitrogens with zero attached hydrogens (tertiary/aromatic N) is 1. The molecule has 1 atom stereocenters. The molecule has 18 heavy (non-hydrogen) atoms. The van der Waals surface area contributed by atoms with Gasteiger partial charge in [-0.25, -0.2) is 9.78 Å². The molecular formula is C13H14N2O3. The average molecular weight is 246 g/mol. The monoisotopic (exact) mass is 246 g/mol. The quantitative estimate of drug-likeness (QED) is 0.850. The fourth-order valence-corrected chi connectivity index (χ4v) is 2.29. The number of hydrogen-bond acceptors (Lipinski definition) is 4. The minimum Gasteiger partial charge on any atom is -0.478 e. The second kappa shape index (κ2) is 4.42. The summed E-state index contributed by atoms with van der Waals surface area (Å²) in [4.78, 5) is 15.3. The molecule has 1 aromatic carbocycles. The van der Waals surface area contributed by atoms with Crippen LogP contribution in [0.25, 0.3) is 11.1 Å². The molecule has 5 heteroatoms. The summed E-state index contributed by atoms with van der Waals surface area (Å²) in [7, 11) is 0. The van der Waals surface area contributed by atoms with Crippen molar-refractivity contribution < 1.29 is 14.3 Å². The Bertz CT molecular complexity index is 585. The molecule has 0 radical (unpaired) electrons. The Kier molecular flexibility index (Phi) is 2.76.